The first-order valence-corrected chi connectivity index (χ1v) is 3.93. The Morgan fingerprint density at radius 1 is 1.70 bits per heavy atom. The summed E-state index contributed by atoms with van der Waals surface area (Å²) >= 11 is 0. The fourth-order valence-corrected chi connectivity index (χ4v) is 1.46. The molecule has 0 spiro atoms. The average molecular weight is 143 g/mol. The van der Waals surface area contributed by atoms with Gasteiger partial charge in [-0.05, 0) is 26.4 Å². The lowest BCUT2D eigenvalue weighted by molar-refractivity contribution is 0.272. The van der Waals surface area contributed by atoms with Gasteiger partial charge in [0.25, 0.3) is 0 Å². The minimum Gasteiger partial charge on any atom is -0.329 e. The van der Waals surface area contributed by atoms with Gasteiger partial charge in [0.2, 0.25) is 0 Å². The molecule has 1 unspecified atom stereocenters. The minimum atomic E-state index is 0.179. The van der Waals surface area contributed by atoms with Gasteiger partial charge in [-0.15, -0.1) is 0 Å². The normalized spacial score (nSPS) is 34.2. The Morgan fingerprint density at radius 2 is 2.50 bits per heavy atom. The third-order valence-electron chi connectivity index (χ3n) is 2.39. The maximum Gasteiger partial charge on any atom is 0.0428 e. The predicted molar refractivity (Wildman–Crippen MR) is 42.9 cm³/mol. The molecule has 10 heavy (non-hydrogen) atoms. The van der Waals surface area contributed by atoms with Crippen molar-refractivity contribution in [2.24, 2.45) is 5.73 Å². The van der Waals surface area contributed by atoms with Crippen LogP contribution in [0.3, 0.4) is 0 Å². The van der Waals surface area contributed by atoms with Crippen LogP contribution in [0.15, 0.2) is 0 Å². The number of hydrogen-bond donors (Lipinski definition) is 3. The lowest BCUT2D eigenvalue weighted by atomic mass is 9.91. The second-order valence-corrected chi connectivity index (χ2v) is 3.01. The molecule has 1 atom stereocenters. The first-order valence-electron chi connectivity index (χ1n) is 3.93. The molecule has 0 aromatic carbocycles. The van der Waals surface area contributed by atoms with E-state index in [1.54, 1.807) is 0 Å². The van der Waals surface area contributed by atoms with Crippen molar-refractivity contribution in [3.8, 4) is 0 Å². The molecule has 0 aromatic rings. The summed E-state index contributed by atoms with van der Waals surface area (Å²) in [7, 11) is 1.99. The molecule has 1 aliphatic rings. The van der Waals surface area contributed by atoms with Crippen LogP contribution in [0.25, 0.3) is 0 Å². The molecule has 1 saturated heterocycles. The van der Waals surface area contributed by atoms with Gasteiger partial charge in [-0.2, -0.15) is 0 Å². The zero-order valence-electron chi connectivity index (χ0n) is 6.61. The minimum absolute atomic E-state index is 0.179. The van der Waals surface area contributed by atoms with Crippen molar-refractivity contribution in [2.75, 3.05) is 26.7 Å². The van der Waals surface area contributed by atoms with E-state index in [2.05, 4.69) is 10.6 Å². The first-order chi connectivity index (χ1) is 4.83. The Bertz CT molecular complexity index is 91.0. The van der Waals surface area contributed by atoms with Crippen LogP contribution in [0.5, 0.6) is 0 Å². The highest BCUT2D eigenvalue weighted by Gasteiger charge is 2.27. The highest BCUT2D eigenvalue weighted by atomic mass is 15.0. The third kappa shape index (κ3) is 1.48. The number of hydrogen-bond acceptors (Lipinski definition) is 3. The summed E-state index contributed by atoms with van der Waals surface area (Å²) in [6, 6.07) is 0. The number of piperidine rings is 1. The molecule has 4 N–H and O–H groups in total. The van der Waals surface area contributed by atoms with Crippen molar-refractivity contribution in [3.63, 3.8) is 0 Å². The van der Waals surface area contributed by atoms with E-state index in [0.717, 1.165) is 19.6 Å². The average Bonchev–Trinajstić information content (AvgIpc) is 2.06. The monoisotopic (exact) mass is 143 g/mol. The summed E-state index contributed by atoms with van der Waals surface area (Å²) in [4.78, 5) is 0. The summed E-state index contributed by atoms with van der Waals surface area (Å²) in [5.74, 6) is 0. The smallest absolute Gasteiger partial charge is 0.0428 e. The van der Waals surface area contributed by atoms with Crippen molar-refractivity contribution in [1.82, 2.24) is 10.6 Å². The fourth-order valence-electron chi connectivity index (χ4n) is 1.46. The molecule has 0 aromatic heterocycles. The highest BCUT2D eigenvalue weighted by Crippen LogP contribution is 2.13. The number of nitrogens with two attached hydrogens (primary N) is 1. The fraction of sp³-hybridized carbons (Fsp3) is 1.00. The van der Waals surface area contributed by atoms with E-state index in [0.29, 0.717) is 0 Å². The summed E-state index contributed by atoms with van der Waals surface area (Å²) < 4.78 is 0. The van der Waals surface area contributed by atoms with Gasteiger partial charge in [0.05, 0.1) is 0 Å². The maximum atomic E-state index is 5.65. The lowest BCUT2D eigenvalue weighted by Crippen LogP contribution is -2.58. The van der Waals surface area contributed by atoms with Crippen molar-refractivity contribution < 1.29 is 0 Å². The Labute approximate surface area is 62.4 Å². The lowest BCUT2D eigenvalue weighted by Gasteiger charge is -2.36. The SMILES string of the molecule is CNC1(CN)CCCNC1. The molecule has 1 rings (SSSR count). The summed E-state index contributed by atoms with van der Waals surface area (Å²) in [6.45, 7) is 2.89. The van der Waals surface area contributed by atoms with E-state index in [-0.39, 0.29) is 5.54 Å². The summed E-state index contributed by atoms with van der Waals surface area (Å²) in [5.41, 5.74) is 5.83. The van der Waals surface area contributed by atoms with Crippen LogP contribution in [-0.2, 0) is 0 Å². The molecule has 0 saturated carbocycles. The Balaban J connectivity index is 2.44. The Hall–Kier alpha value is -0.120. The van der Waals surface area contributed by atoms with Crippen LogP contribution in [0.1, 0.15) is 12.8 Å². The predicted octanol–water partition coefficient (Wildman–Crippen LogP) is -0.713. The highest BCUT2D eigenvalue weighted by molar-refractivity contribution is 4.92. The second-order valence-electron chi connectivity index (χ2n) is 3.01. The summed E-state index contributed by atoms with van der Waals surface area (Å²) in [6.07, 6.45) is 2.44. The molecule has 0 radical (unpaired) electrons. The zero-order chi connectivity index (χ0) is 7.45. The number of likely N-dealkylation sites (N-methyl/N-ethyl adjacent to an activating group) is 1. The molecule has 0 bridgehead atoms. The molecule has 60 valence electrons. The van der Waals surface area contributed by atoms with Crippen LogP contribution in [0, 0.1) is 0 Å². The molecular formula is C7H17N3. The molecule has 0 aliphatic carbocycles. The van der Waals surface area contributed by atoms with E-state index in [1.165, 1.54) is 12.8 Å². The molecule has 1 heterocycles. The van der Waals surface area contributed by atoms with Gasteiger partial charge in [0.1, 0.15) is 0 Å². The van der Waals surface area contributed by atoms with Gasteiger partial charge in [0, 0.05) is 18.6 Å². The molecule has 3 heteroatoms. The largest absolute Gasteiger partial charge is 0.329 e. The number of rotatable bonds is 2. The van der Waals surface area contributed by atoms with Gasteiger partial charge in [-0.1, -0.05) is 0 Å². The van der Waals surface area contributed by atoms with Crippen molar-refractivity contribution in [2.45, 2.75) is 18.4 Å². The third-order valence-corrected chi connectivity index (χ3v) is 2.39. The number of nitrogens with one attached hydrogen (secondary N) is 2. The van der Waals surface area contributed by atoms with Crippen LogP contribution >= 0.6 is 0 Å². The van der Waals surface area contributed by atoms with Crippen molar-refractivity contribution >= 4 is 0 Å². The van der Waals surface area contributed by atoms with E-state index < -0.39 is 0 Å². The molecule has 1 aliphatic heterocycles. The second kappa shape index (κ2) is 3.32. The topological polar surface area (TPSA) is 50.1 Å². The quantitative estimate of drug-likeness (QED) is 0.478. The molecular weight excluding hydrogens is 126 g/mol. The van der Waals surface area contributed by atoms with E-state index in [9.17, 15) is 0 Å². The zero-order valence-corrected chi connectivity index (χ0v) is 6.61. The summed E-state index contributed by atoms with van der Waals surface area (Å²) in [5, 5.41) is 6.61. The van der Waals surface area contributed by atoms with Crippen LogP contribution in [0.4, 0.5) is 0 Å². The van der Waals surface area contributed by atoms with Crippen LogP contribution in [0.2, 0.25) is 0 Å². The first kappa shape index (κ1) is 7.98. The Kier molecular flexibility index (Phi) is 2.65. The van der Waals surface area contributed by atoms with E-state index in [1.807, 2.05) is 7.05 Å². The standard InChI is InChI=1S/C7H17N3/c1-9-7(5-8)3-2-4-10-6-7/h9-10H,2-6,8H2,1H3. The van der Waals surface area contributed by atoms with Crippen molar-refractivity contribution in [1.29, 1.82) is 0 Å². The molecule has 3 nitrogen and oxygen atoms in total. The molecule has 1 fully saturated rings. The van der Waals surface area contributed by atoms with Gasteiger partial charge >= 0.3 is 0 Å². The van der Waals surface area contributed by atoms with E-state index >= 15 is 0 Å². The van der Waals surface area contributed by atoms with Gasteiger partial charge < -0.3 is 16.4 Å². The molecule has 0 amide bonds. The van der Waals surface area contributed by atoms with Crippen LogP contribution in [-0.4, -0.2) is 32.2 Å². The van der Waals surface area contributed by atoms with Crippen LogP contribution < -0.4 is 16.4 Å². The van der Waals surface area contributed by atoms with Gasteiger partial charge in [-0.25, -0.2) is 0 Å². The maximum absolute atomic E-state index is 5.65. The van der Waals surface area contributed by atoms with Crippen molar-refractivity contribution in [3.05, 3.63) is 0 Å². The Morgan fingerprint density at radius 3 is 2.80 bits per heavy atom. The van der Waals surface area contributed by atoms with Gasteiger partial charge in [0.15, 0.2) is 0 Å². The van der Waals surface area contributed by atoms with Gasteiger partial charge in [-0.3, -0.25) is 0 Å². The van der Waals surface area contributed by atoms with E-state index in [4.69, 9.17) is 5.73 Å².